The van der Waals surface area contributed by atoms with E-state index in [0.29, 0.717) is 32.1 Å². The van der Waals surface area contributed by atoms with Crippen LogP contribution < -0.4 is 14.2 Å². The van der Waals surface area contributed by atoms with Crippen LogP contribution in [0, 0.1) is 0 Å². The normalized spacial score (nSPS) is 19.7. The molecule has 0 bridgehead atoms. The molecule has 3 atom stereocenters. The number of nitrogens with zero attached hydrogens (tertiary/aromatic N) is 1. The van der Waals surface area contributed by atoms with Gasteiger partial charge in [0.2, 0.25) is 0 Å². The van der Waals surface area contributed by atoms with Crippen LogP contribution in [0.25, 0.3) is 0 Å². The number of carbonyl (C=O) groups excluding carboxylic acids is 1. The number of methoxy groups -OCH3 is 1. The average Bonchev–Trinajstić information content (AvgIpc) is 3.10. The molecule has 0 unspecified atom stereocenters. The Kier molecular flexibility index (Phi) is 10.3. The van der Waals surface area contributed by atoms with Crippen molar-refractivity contribution in [3.05, 3.63) is 125 Å². The number of hydrogen-bond donors (Lipinski definition) is 0. The van der Waals surface area contributed by atoms with E-state index < -0.39 is 0 Å². The number of fused-ring (bicyclic) bond motifs is 1. The first-order valence-corrected chi connectivity index (χ1v) is 16.2. The van der Waals surface area contributed by atoms with Crippen molar-refractivity contribution < 1.29 is 23.7 Å². The SMILES string of the molecule is COc1ccc([C@H]2C[C@H](OC(=O)CCc3ccc(OCc4ccccc4)cc3)C[C@H]3CCCCN32)cc1OCc1ccccc1. The summed E-state index contributed by atoms with van der Waals surface area (Å²) in [6.45, 7) is 2.07. The fourth-order valence-corrected chi connectivity index (χ4v) is 6.63. The lowest BCUT2D eigenvalue weighted by Gasteiger charge is -2.47. The molecule has 234 valence electrons. The van der Waals surface area contributed by atoms with Crippen LogP contribution in [0.1, 0.15) is 66.8 Å². The van der Waals surface area contributed by atoms with Gasteiger partial charge < -0.3 is 18.9 Å². The van der Waals surface area contributed by atoms with Crippen LogP contribution in [-0.2, 0) is 29.2 Å². The largest absolute Gasteiger partial charge is 0.493 e. The lowest BCUT2D eigenvalue weighted by molar-refractivity contribution is -0.154. The van der Waals surface area contributed by atoms with Crippen LogP contribution >= 0.6 is 0 Å². The maximum atomic E-state index is 13.1. The van der Waals surface area contributed by atoms with Crippen LogP contribution in [0.5, 0.6) is 17.2 Å². The van der Waals surface area contributed by atoms with Gasteiger partial charge in [0.15, 0.2) is 11.5 Å². The third kappa shape index (κ3) is 8.25. The Morgan fingerprint density at radius 2 is 1.47 bits per heavy atom. The third-order valence-electron chi connectivity index (χ3n) is 8.99. The Balaban J connectivity index is 1.06. The molecule has 0 radical (unpaired) electrons. The first-order valence-electron chi connectivity index (χ1n) is 16.2. The predicted octanol–water partition coefficient (Wildman–Crippen LogP) is 8.09. The van der Waals surface area contributed by atoms with Crippen molar-refractivity contribution in [2.75, 3.05) is 13.7 Å². The number of aryl methyl sites for hydroxylation is 1. The molecule has 0 N–H and O–H groups in total. The summed E-state index contributed by atoms with van der Waals surface area (Å²) in [4.78, 5) is 15.7. The fourth-order valence-electron chi connectivity index (χ4n) is 6.63. The van der Waals surface area contributed by atoms with Gasteiger partial charge in [-0.05, 0) is 72.3 Å². The van der Waals surface area contributed by atoms with E-state index in [0.717, 1.165) is 59.7 Å². The number of rotatable bonds is 12. The Bertz CT molecular complexity index is 1510. The molecule has 6 heteroatoms. The number of hydrogen-bond acceptors (Lipinski definition) is 6. The summed E-state index contributed by atoms with van der Waals surface area (Å²) in [7, 11) is 1.68. The van der Waals surface area contributed by atoms with Crippen LogP contribution in [0.2, 0.25) is 0 Å². The van der Waals surface area contributed by atoms with Crippen LogP contribution in [0.3, 0.4) is 0 Å². The van der Waals surface area contributed by atoms with Gasteiger partial charge in [0.05, 0.1) is 7.11 Å². The number of carbonyl (C=O) groups is 1. The smallest absolute Gasteiger partial charge is 0.306 e. The standard InChI is InChI=1S/C39H43NO5/c1-42-37-21-18-32(24-38(37)44-28-31-12-6-3-7-13-31)36-26-35(25-33-14-8-9-23-40(33)36)45-39(41)22-17-29-15-19-34(20-16-29)43-27-30-10-4-2-5-11-30/h2-7,10-13,15-16,18-21,24,33,35-36H,8-9,14,17,22-23,25-28H2,1H3/t33-,35-,36-/m1/s1. The number of esters is 1. The molecule has 45 heavy (non-hydrogen) atoms. The van der Waals surface area contributed by atoms with Crippen molar-refractivity contribution >= 4 is 5.97 Å². The van der Waals surface area contributed by atoms with Gasteiger partial charge in [-0.25, -0.2) is 0 Å². The van der Waals surface area contributed by atoms with Crippen molar-refractivity contribution in [1.82, 2.24) is 4.90 Å². The summed E-state index contributed by atoms with van der Waals surface area (Å²) < 4.78 is 24.0. The Morgan fingerprint density at radius 1 is 0.756 bits per heavy atom. The zero-order valence-corrected chi connectivity index (χ0v) is 26.1. The van der Waals surface area contributed by atoms with Crippen molar-refractivity contribution in [3.63, 3.8) is 0 Å². The average molecular weight is 606 g/mol. The Morgan fingerprint density at radius 3 is 2.18 bits per heavy atom. The molecule has 0 saturated carbocycles. The van der Waals surface area contributed by atoms with Crippen molar-refractivity contribution in [2.45, 2.75) is 76.3 Å². The minimum atomic E-state index is -0.131. The van der Waals surface area contributed by atoms with Gasteiger partial charge in [0, 0.05) is 31.3 Å². The molecule has 0 aliphatic carbocycles. The second-order valence-corrected chi connectivity index (χ2v) is 12.1. The summed E-state index contributed by atoms with van der Waals surface area (Å²) in [5, 5.41) is 0. The highest BCUT2D eigenvalue weighted by Crippen LogP contribution is 2.42. The van der Waals surface area contributed by atoms with E-state index in [-0.39, 0.29) is 18.1 Å². The first kappa shape index (κ1) is 30.7. The second kappa shape index (κ2) is 15.1. The second-order valence-electron chi connectivity index (χ2n) is 12.1. The molecule has 2 aliphatic heterocycles. The molecule has 2 heterocycles. The van der Waals surface area contributed by atoms with Crippen molar-refractivity contribution in [1.29, 1.82) is 0 Å². The fraction of sp³-hybridized carbons (Fsp3) is 0.359. The molecule has 4 aromatic rings. The Labute approximate surface area is 266 Å². The molecule has 6 nitrogen and oxygen atoms in total. The molecule has 2 fully saturated rings. The highest BCUT2D eigenvalue weighted by atomic mass is 16.5. The van der Waals surface area contributed by atoms with Gasteiger partial charge in [-0.2, -0.15) is 0 Å². The monoisotopic (exact) mass is 605 g/mol. The first-order chi connectivity index (χ1) is 22.1. The summed E-state index contributed by atoms with van der Waals surface area (Å²) >= 11 is 0. The molecule has 2 saturated heterocycles. The molecule has 0 spiro atoms. The van der Waals surface area contributed by atoms with Gasteiger partial charge in [0.25, 0.3) is 0 Å². The van der Waals surface area contributed by atoms with Gasteiger partial charge >= 0.3 is 5.97 Å². The van der Waals surface area contributed by atoms with Crippen LogP contribution in [0.15, 0.2) is 103 Å². The van der Waals surface area contributed by atoms with E-state index in [9.17, 15) is 4.79 Å². The molecule has 6 rings (SSSR count). The summed E-state index contributed by atoms with van der Waals surface area (Å²) in [5.74, 6) is 2.15. The lowest BCUT2D eigenvalue weighted by atomic mass is 9.84. The lowest BCUT2D eigenvalue weighted by Crippen LogP contribution is -2.49. The van der Waals surface area contributed by atoms with E-state index in [1.807, 2.05) is 66.7 Å². The Hall–Kier alpha value is -4.29. The number of benzene rings is 4. The van der Waals surface area contributed by atoms with E-state index in [1.54, 1.807) is 7.11 Å². The highest BCUT2D eigenvalue weighted by Gasteiger charge is 2.39. The maximum Gasteiger partial charge on any atom is 0.306 e. The molecular formula is C39H43NO5. The van der Waals surface area contributed by atoms with E-state index >= 15 is 0 Å². The quantitative estimate of drug-likeness (QED) is 0.152. The minimum absolute atomic E-state index is 0.105. The zero-order valence-electron chi connectivity index (χ0n) is 26.1. The molecule has 0 amide bonds. The molecule has 2 aliphatic rings. The highest BCUT2D eigenvalue weighted by molar-refractivity contribution is 5.70. The minimum Gasteiger partial charge on any atom is -0.493 e. The van der Waals surface area contributed by atoms with Gasteiger partial charge in [0.1, 0.15) is 25.1 Å². The van der Waals surface area contributed by atoms with Gasteiger partial charge in [-0.15, -0.1) is 0 Å². The van der Waals surface area contributed by atoms with Gasteiger partial charge in [-0.1, -0.05) is 85.3 Å². The summed E-state index contributed by atoms with van der Waals surface area (Å²) in [5.41, 5.74) is 4.52. The third-order valence-corrected chi connectivity index (χ3v) is 8.99. The van der Waals surface area contributed by atoms with Crippen LogP contribution in [-0.4, -0.2) is 36.7 Å². The maximum absolute atomic E-state index is 13.1. The van der Waals surface area contributed by atoms with Gasteiger partial charge in [-0.3, -0.25) is 9.69 Å². The van der Waals surface area contributed by atoms with E-state index in [1.165, 1.54) is 18.4 Å². The van der Waals surface area contributed by atoms with Crippen molar-refractivity contribution in [2.24, 2.45) is 0 Å². The van der Waals surface area contributed by atoms with E-state index in [4.69, 9.17) is 18.9 Å². The predicted molar refractivity (Wildman–Crippen MR) is 176 cm³/mol. The summed E-state index contributed by atoms with van der Waals surface area (Å²) in [6, 6.07) is 35.1. The molecular weight excluding hydrogens is 562 g/mol. The van der Waals surface area contributed by atoms with Crippen molar-refractivity contribution in [3.8, 4) is 17.2 Å². The van der Waals surface area contributed by atoms with Crippen LogP contribution in [0.4, 0.5) is 0 Å². The molecule has 0 aromatic heterocycles. The molecule has 4 aromatic carbocycles. The topological polar surface area (TPSA) is 57.2 Å². The number of piperidine rings is 2. The number of ether oxygens (including phenoxy) is 4. The zero-order chi connectivity index (χ0) is 30.8. The summed E-state index contributed by atoms with van der Waals surface area (Å²) in [6.07, 6.45) is 6.12. The van der Waals surface area contributed by atoms with E-state index in [2.05, 4.69) is 41.3 Å².